The van der Waals surface area contributed by atoms with Gasteiger partial charge in [-0.25, -0.2) is 14.5 Å². The van der Waals surface area contributed by atoms with Crippen molar-refractivity contribution in [3.8, 4) is 5.82 Å². The Bertz CT molecular complexity index is 913. The van der Waals surface area contributed by atoms with Gasteiger partial charge in [0.2, 0.25) is 0 Å². The molecule has 0 aromatic carbocycles. The Morgan fingerprint density at radius 2 is 2.20 bits per heavy atom. The highest BCUT2D eigenvalue weighted by Crippen LogP contribution is 2.36. The predicted octanol–water partition coefficient (Wildman–Crippen LogP) is 2.79. The van der Waals surface area contributed by atoms with Crippen LogP contribution in [0, 0.1) is 0 Å². The summed E-state index contributed by atoms with van der Waals surface area (Å²) in [7, 11) is -1.33. The Morgan fingerprint density at radius 3 is 2.80 bits per heavy atom. The average Bonchev–Trinajstić information content (AvgIpc) is 3.00. The molecule has 1 unspecified atom stereocenters. The van der Waals surface area contributed by atoms with Crippen LogP contribution in [0.1, 0.15) is 28.7 Å². The van der Waals surface area contributed by atoms with Gasteiger partial charge in [0.1, 0.15) is 0 Å². The topological polar surface area (TPSA) is 74.1 Å². The molecule has 25 heavy (non-hydrogen) atoms. The van der Waals surface area contributed by atoms with E-state index in [1.54, 1.807) is 42.1 Å². The van der Waals surface area contributed by atoms with Crippen LogP contribution >= 0.6 is 0 Å². The molecule has 6 nitrogen and oxygen atoms in total. The summed E-state index contributed by atoms with van der Waals surface area (Å²) < 4.78 is 19.2. The lowest BCUT2D eigenvalue weighted by Crippen LogP contribution is -2.14. The minimum absolute atomic E-state index is 0.151. The van der Waals surface area contributed by atoms with Crippen LogP contribution in [0.25, 0.3) is 11.4 Å². The summed E-state index contributed by atoms with van der Waals surface area (Å²) in [6, 6.07) is 5.40. The van der Waals surface area contributed by atoms with E-state index in [0.29, 0.717) is 27.6 Å². The van der Waals surface area contributed by atoms with Crippen LogP contribution in [0.3, 0.4) is 0 Å². The molecule has 128 valence electrons. The second-order valence-electron chi connectivity index (χ2n) is 5.17. The maximum atomic E-state index is 12.6. The van der Waals surface area contributed by atoms with Crippen LogP contribution in [0.4, 0.5) is 0 Å². The molecule has 1 aliphatic rings. The number of allylic oxidation sites excluding steroid dienone is 3. The minimum Gasteiger partial charge on any atom is -0.461 e. The van der Waals surface area contributed by atoms with Crippen molar-refractivity contribution in [2.45, 2.75) is 12.7 Å². The van der Waals surface area contributed by atoms with Gasteiger partial charge in [0, 0.05) is 22.2 Å². The number of rotatable bonds is 5. The molecule has 2 aromatic heterocycles. The first-order chi connectivity index (χ1) is 12.1. The number of pyridine rings is 1. The molecule has 0 spiro atoms. The van der Waals surface area contributed by atoms with Gasteiger partial charge in [0.05, 0.1) is 28.9 Å². The van der Waals surface area contributed by atoms with Crippen molar-refractivity contribution in [1.82, 2.24) is 14.8 Å². The number of ether oxygens (including phenoxy) is 1. The fourth-order valence-electron chi connectivity index (χ4n) is 2.72. The largest absolute Gasteiger partial charge is 0.461 e. The van der Waals surface area contributed by atoms with Crippen LogP contribution < -0.4 is 0 Å². The zero-order chi connectivity index (χ0) is 18.0. The summed E-state index contributed by atoms with van der Waals surface area (Å²) in [4.78, 5) is 17.2. The Hall–Kier alpha value is -2.80. The highest BCUT2D eigenvalue weighted by molar-refractivity contribution is 7.88. The van der Waals surface area contributed by atoms with Gasteiger partial charge >= 0.3 is 5.97 Å². The van der Waals surface area contributed by atoms with Gasteiger partial charge in [-0.3, -0.25) is 4.21 Å². The standard InChI is InChI=1S/C18H17N3O3S/c1-4-12-14(5-2)25(23)11-13-16(18(22)24-6-3)20-21(17(12)13)15-9-7-8-10-19-15/h4-5,7-10H,1-2,6,11H2,3H3. The molecule has 1 atom stereocenters. The minimum atomic E-state index is -1.33. The maximum Gasteiger partial charge on any atom is 0.359 e. The summed E-state index contributed by atoms with van der Waals surface area (Å²) in [5.74, 6) is 0.162. The Morgan fingerprint density at radius 1 is 1.40 bits per heavy atom. The van der Waals surface area contributed by atoms with Crippen LogP contribution in [-0.4, -0.2) is 31.5 Å². The Balaban J connectivity index is 2.33. The summed E-state index contributed by atoms with van der Waals surface area (Å²) >= 11 is 0. The molecule has 3 heterocycles. The van der Waals surface area contributed by atoms with Crippen molar-refractivity contribution in [3.63, 3.8) is 0 Å². The summed E-state index contributed by atoms with van der Waals surface area (Å²) in [5.41, 5.74) is 2.00. The third-order valence-corrected chi connectivity index (χ3v) is 5.18. The molecule has 0 fully saturated rings. The zero-order valence-corrected chi connectivity index (χ0v) is 14.6. The van der Waals surface area contributed by atoms with Crippen LogP contribution in [-0.2, 0) is 21.3 Å². The van der Waals surface area contributed by atoms with Gasteiger partial charge in [-0.1, -0.05) is 31.4 Å². The number of hydrogen-bond acceptors (Lipinski definition) is 5. The number of aromatic nitrogens is 3. The molecule has 1 aliphatic heterocycles. The molecule has 3 rings (SSSR count). The maximum absolute atomic E-state index is 12.6. The Kier molecular flexibility index (Phi) is 4.76. The van der Waals surface area contributed by atoms with E-state index in [1.807, 2.05) is 6.07 Å². The molecule has 2 aromatic rings. The van der Waals surface area contributed by atoms with Gasteiger partial charge in [0.25, 0.3) is 0 Å². The number of carbonyl (C=O) groups excluding carboxylic acids is 1. The lowest BCUT2D eigenvalue weighted by molar-refractivity contribution is 0.0518. The number of esters is 1. The van der Waals surface area contributed by atoms with Crippen molar-refractivity contribution in [3.05, 3.63) is 71.6 Å². The quantitative estimate of drug-likeness (QED) is 0.771. The fourth-order valence-corrected chi connectivity index (χ4v) is 4.02. The van der Waals surface area contributed by atoms with E-state index in [2.05, 4.69) is 23.2 Å². The van der Waals surface area contributed by atoms with E-state index in [1.165, 1.54) is 0 Å². The van der Waals surface area contributed by atoms with Crippen molar-refractivity contribution in [2.75, 3.05) is 6.61 Å². The molecular formula is C18H17N3O3S. The van der Waals surface area contributed by atoms with Crippen LogP contribution in [0.2, 0.25) is 0 Å². The third kappa shape index (κ3) is 2.87. The lowest BCUT2D eigenvalue weighted by atomic mass is 10.1. The highest BCUT2D eigenvalue weighted by atomic mass is 32.2. The van der Waals surface area contributed by atoms with Crippen molar-refractivity contribution in [2.24, 2.45) is 0 Å². The summed E-state index contributed by atoms with van der Waals surface area (Å²) in [6.07, 6.45) is 4.79. The smallest absolute Gasteiger partial charge is 0.359 e. The Labute approximate surface area is 148 Å². The van der Waals surface area contributed by atoms with E-state index in [0.717, 1.165) is 0 Å². The van der Waals surface area contributed by atoms with E-state index < -0.39 is 16.8 Å². The van der Waals surface area contributed by atoms with E-state index >= 15 is 0 Å². The first kappa shape index (κ1) is 17.0. The van der Waals surface area contributed by atoms with E-state index in [9.17, 15) is 9.00 Å². The third-order valence-electron chi connectivity index (χ3n) is 3.75. The molecule has 0 bridgehead atoms. The number of nitrogens with zero attached hydrogens (tertiary/aromatic N) is 3. The monoisotopic (exact) mass is 355 g/mol. The molecule has 0 saturated heterocycles. The van der Waals surface area contributed by atoms with Crippen LogP contribution in [0.5, 0.6) is 0 Å². The number of fused-ring (bicyclic) bond motifs is 1. The second-order valence-corrected chi connectivity index (χ2v) is 6.59. The second kappa shape index (κ2) is 6.98. The zero-order valence-electron chi connectivity index (χ0n) is 13.8. The molecule has 0 radical (unpaired) electrons. The van der Waals surface area contributed by atoms with Crippen molar-refractivity contribution in [1.29, 1.82) is 0 Å². The lowest BCUT2D eigenvalue weighted by Gasteiger charge is -2.18. The van der Waals surface area contributed by atoms with Gasteiger partial charge in [0.15, 0.2) is 11.5 Å². The molecule has 7 heteroatoms. The van der Waals surface area contributed by atoms with E-state index in [4.69, 9.17) is 4.74 Å². The van der Waals surface area contributed by atoms with Gasteiger partial charge in [-0.05, 0) is 19.1 Å². The van der Waals surface area contributed by atoms with Crippen LogP contribution in [0.15, 0.2) is 54.6 Å². The molecule has 0 aliphatic carbocycles. The van der Waals surface area contributed by atoms with Gasteiger partial charge in [-0.15, -0.1) is 0 Å². The van der Waals surface area contributed by atoms with Gasteiger partial charge < -0.3 is 4.74 Å². The average molecular weight is 355 g/mol. The molecule has 0 amide bonds. The summed E-state index contributed by atoms with van der Waals surface area (Å²) in [5, 5.41) is 4.41. The van der Waals surface area contributed by atoms with E-state index in [-0.39, 0.29) is 18.1 Å². The first-order valence-corrected chi connectivity index (χ1v) is 9.02. The number of hydrogen-bond donors (Lipinski definition) is 0. The first-order valence-electron chi connectivity index (χ1n) is 7.70. The van der Waals surface area contributed by atoms with Gasteiger partial charge in [-0.2, -0.15) is 5.10 Å². The highest BCUT2D eigenvalue weighted by Gasteiger charge is 2.32. The number of carbonyl (C=O) groups is 1. The SMILES string of the molecule is C=CC1=C(C=C)S(=O)Cc2c(C(=O)OCC)nn(-c3ccccn3)c21. The fraction of sp³-hybridized carbons (Fsp3) is 0.167. The molecular weight excluding hydrogens is 338 g/mol. The normalized spacial score (nSPS) is 16.3. The summed E-state index contributed by atoms with van der Waals surface area (Å²) in [6.45, 7) is 9.52. The van der Waals surface area contributed by atoms with Crippen molar-refractivity contribution < 1.29 is 13.7 Å². The van der Waals surface area contributed by atoms with Crippen molar-refractivity contribution >= 4 is 22.3 Å². The molecule has 0 N–H and O–H groups in total. The molecule has 0 saturated carbocycles. The predicted molar refractivity (Wildman–Crippen MR) is 96.5 cm³/mol.